The van der Waals surface area contributed by atoms with E-state index in [-0.39, 0.29) is 11.8 Å². The second-order valence-electron chi connectivity index (χ2n) is 6.43. The molecule has 0 saturated carbocycles. The fourth-order valence-electron chi connectivity index (χ4n) is 2.63. The number of anilines is 1. The molecule has 2 aromatic carbocycles. The lowest BCUT2D eigenvalue weighted by molar-refractivity contribution is 0.0792. The number of benzene rings is 2. The van der Waals surface area contributed by atoms with Gasteiger partial charge in [-0.3, -0.25) is 9.59 Å². The van der Waals surface area contributed by atoms with Crippen molar-refractivity contribution in [2.45, 2.75) is 33.6 Å². The number of rotatable bonds is 6. The summed E-state index contributed by atoms with van der Waals surface area (Å²) in [5, 5.41) is 2.92. The van der Waals surface area contributed by atoms with Crippen LogP contribution in [0.2, 0.25) is 0 Å². The Hall–Kier alpha value is -2.62. The minimum absolute atomic E-state index is 0.0187. The molecule has 132 valence electrons. The lowest BCUT2D eigenvalue weighted by Crippen LogP contribution is -2.27. The molecule has 0 aromatic heterocycles. The molecule has 0 aliphatic carbocycles. The normalized spacial score (nSPS) is 10.4. The molecule has 0 aliphatic rings. The van der Waals surface area contributed by atoms with E-state index in [1.54, 1.807) is 36.2 Å². The predicted octanol–water partition coefficient (Wildman–Crippen LogP) is 4.43. The van der Waals surface area contributed by atoms with E-state index in [1.165, 1.54) is 0 Å². The van der Waals surface area contributed by atoms with Crippen LogP contribution in [0, 0.1) is 13.8 Å². The molecule has 0 atom stereocenters. The number of amides is 2. The Morgan fingerprint density at radius 3 is 2.24 bits per heavy atom. The third-order valence-electron chi connectivity index (χ3n) is 4.22. The largest absolute Gasteiger partial charge is 0.342 e. The summed E-state index contributed by atoms with van der Waals surface area (Å²) in [5.74, 6) is -0.194. The predicted molar refractivity (Wildman–Crippen MR) is 102 cm³/mol. The molecule has 25 heavy (non-hydrogen) atoms. The fourth-order valence-corrected chi connectivity index (χ4v) is 2.63. The molecule has 0 unspecified atom stereocenters. The lowest BCUT2D eigenvalue weighted by atomic mass is 10.1. The standard InChI is InChI=1S/C21H26N2O2/c1-5-6-13-23(4)21(25)18-10-8-17(9-11-18)20(24)22-19-12-7-15(2)14-16(19)3/h7-12,14H,5-6,13H2,1-4H3,(H,22,24). The van der Waals surface area contributed by atoms with Gasteiger partial charge in [-0.05, 0) is 56.2 Å². The molecular weight excluding hydrogens is 312 g/mol. The van der Waals surface area contributed by atoms with Crippen LogP contribution < -0.4 is 5.32 Å². The monoisotopic (exact) mass is 338 g/mol. The van der Waals surface area contributed by atoms with E-state index >= 15 is 0 Å². The van der Waals surface area contributed by atoms with Crippen LogP contribution in [0.1, 0.15) is 51.6 Å². The van der Waals surface area contributed by atoms with E-state index in [4.69, 9.17) is 0 Å². The smallest absolute Gasteiger partial charge is 0.255 e. The van der Waals surface area contributed by atoms with E-state index in [1.807, 2.05) is 32.0 Å². The first-order chi connectivity index (χ1) is 11.9. The van der Waals surface area contributed by atoms with Crippen molar-refractivity contribution in [2.75, 3.05) is 18.9 Å². The third-order valence-corrected chi connectivity index (χ3v) is 4.22. The van der Waals surface area contributed by atoms with Gasteiger partial charge in [-0.15, -0.1) is 0 Å². The molecule has 1 N–H and O–H groups in total. The van der Waals surface area contributed by atoms with E-state index < -0.39 is 0 Å². The van der Waals surface area contributed by atoms with Crippen molar-refractivity contribution in [3.05, 3.63) is 64.7 Å². The lowest BCUT2D eigenvalue weighted by Gasteiger charge is -2.17. The molecule has 0 radical (unpaired) electrons. The number of carbonyl (C=O) groups excluding carboxylic acids is 2. The molecule has 0 fully saturated rings. The highest BCUT2D eigenvalue weighted by Gasteiger charge is 2.13. The summed E-state index contributed by atoms with van der Waals surface area (Å²) in [6.45, 7) is 6.83. The van der Waals surface area contributed by atoms with Gasteiger partial charge in [0, 0.05) is 30.4 Å². The van der Waals surface area contributed by atoms with E-state index in [2.05, 4.69) is 12.2 Å². The van der Waals surface area contributed by atoms with Gasteiger partial charge in [0.05, 0.1) is 0 Å². The van der Waals surface area contributed by atoms with Gasteiger partial charge in [-0.1, -0.05) is 31.0 Å². The summed E-state index contributed by atoms with van der Waals surface area (Å²) in [5.41, 5.74) is 4.12. The fraction of sp³-hybridized carbons (Fsp3) is 0.333. The maximum atomic E-state index is 12.4. The Bertz CT molecular complexity index is 751. The Labute approximate surface area is 149 Å². The zero-order valence-corrected chi connectivity index (χ0v) is 15.4. The van der Waals surface area contributed by atoms with Gasteiger partial charge in [0.1, 0.15) is 0 Å². The second-order valence-corrected chi connectivity index (χ2v) is 6.43. The average molecular weight is 338 g/mol. The van der Waals surface area contributed by atoms with Gasteiger partial charge in [0.2, 0.25) is 0 Å². The van der Waals surface area contributed by atoms with Gasteiger partial charge in [0.15, 0.2) is 0 Å². The van der Waals surface area contributed by atoms with Crippen LogP contribution in [0.25, 0.3) is 0 Å². The number of hydrogen-bond acceptors (Lipinski definition) is 2. The van der Waals surface area contributed by atoms with Gasteiger partial charge in [-0.2, -0.15) is 0 Å². The molecule has 0 bridgehead atoms. The number of hydrogen-bond donors (Lipinski definition) is 1. The van der Waals surface area contributed by atoms with Crippen molar-refractivity contribution in [3.63, 3.8) is 0 Å². The molecule has 4 nitrogen and oxygen atoms in total. The SMILES string of the molecule is CCCCN(C)C(=O)c1ccc(C(=O)Nc2ccc(C)cc2C)cc1. The van der Waals surface area contributed by atoms with E-state index in [0.29, 0.717) is 11.1 Å². The zero-order valence-electron chi connectivity index (χ0n) is 15.4. The van der Waals surface area contributed by atoms with Crippen molar-refractivity contribution in [1.29, 1.82) is 0 Å². The van der Waals surface area contributed by atoms with Crippen molar-refractivity contribution < 1.29 is 9.59 Å². The first kappa shape index (κ1) is 18.7. The van der Waals surface area contributed by atoms with Crippen LogP contribution >= 0.6 is 0 Å². The molecule has 0 saturated heterocycles. The number of unbranched alkanes of at least 4 members (excludes halogenated alkanes) is 1. The van der Waals surface area contributed by atoms with E-state index in [0.717, 1.165) is 36.2 Å². The number of aryl methyl sites for hydroxylation is 2. The van der Waals surface area contributed by atoms with Crippen molar-refractivity contribution in [3.8, 4) is 0 Å². The van der Waals surface area contributed by atoms with Crippen molar-refractivity contribution >= 4 is 17.5 Å². The van der Waals surface area contributed by atoms with Gasteiger partial charge in [0.25, 0.3) is 11.8 Å². The molecule has 0 spiro atoms. The molecular formula is C21H26N2O2. The minimum atomic E-state index is -0.176. The quantitative estimate of drug-likeness (QED) is 0.847. The highest BCUT2D eigenvalue weighted by Crippen LogP contribution is 2.17. The molecule has 4 heteroatoms. The van der Waals surface area contributed by atoms with Crippen molar-refractivity contribution in [2.24, 2.45) is 0 Å². The molecule has 0 heterocycles. The van der Waals surface area contributed by atoms with Crippen LogP contribution in [0.3, 0.4) is 0 Å². The number of nitrogens with one attached hydrogen (secondary N) is 1. The summed E-state index contributed by atoms with van der Waals surface area (Å²) in [4.78, 5) is 26.4. The van der Waals surface area contributed by atoms with Crippen LogP contribution in [-0.4, -0.2) is 30.3 Å². The topological polar surface area (TPSA) is 49.4 Å². The zero-order chi connectivity index (χ0) is 18.4. The molecule has 2 amide bonds. The van der Waals surface area contributed by atoms with Crippen LogP contribution in [0.4, 0.5) is 5.69 Å². The van der Waals surface area contributed by atoms with Crippen molar-refractivity contribution in [1.82, 2.24) is 4.90 Å². The third kappa shape index (κ3) is 4.92. The van der Waals surface area contributed by atoms with Crippen LogP contribution in [0.15, 0.2) is 42.5 Å². The first-order valence-electron chi connectivity index (χ1n) is 8.66. The van der Waals surface area contributed by atoms with Crippen LogP contribution in [-0.2, 0) is 0 Å². The summed E-state index contributed by atoms with van der Waals surface area (Å²) < 4.78 is 0. The minimum Gasteiger partial charge on any atom is -0.342 e. The Kier molecular flexibility index (Phi) is 6.34. The van der Waals surface area contributed by atoms with Crippen LogP contribution in [0.5, 0.6) is 0 Å². The highest BCUT2D eigenvalue weighted by molar-refractivity contribution is 6.05. The molecule has 2 aromatic rings. The molecule has 2 rings (SSSR count). The summed E-state index contributed by atoms with van der Waals surface area (Å²) in [7, 11) is 1.80. The summed E-state index contributed by atoms with van der Waals surface area (Å²) >= 11 is 0. The maximum absolute atomic E-state index is 12.4. The average Bonchev–Trinajstić information content (AvgIpc) is 2.61. The second kappa shape index (κ2) is 8.47. The maximum Gasteiger partial charge on any atom is 0.255 e. The van der Waals surface area contributed by atoms with E-state index in [9.17, 15) is 9.59 Å². The van der Waals surface area contributed by atoms with Gasteiger partial charge < -0.3 is 10.2 Å². The summed E-state index contributed by atoms with van der Waals surface area (Å²) in [6.07, 6.45) is 2.04. The Morgan fingerprint density at radius 1 is 1.00 bits per heavy atom. The first-order valence-corrected chi connectivity index (χ1v) is 8.66. The number of carbonyl (C=O) groups is 2. The summed E-state index contributed by atoms with van der Waals surface area (Å²) in [6, 6.07) is 12.7. The van der Waals surface area contributed by atoms with Gasteiger partial charge in [-0.25, -0.2) is 0 Å². The Balaban J connectivity index is 2.06. The Morgan fingerprint density at radius 2 is 1.64 bits per heavy atom. The molecule has 0 aliphatic heterocycles. The van der Waals surface area contributed by atoms with Gasteiger partial charge >= 0.3 is 0 Å². The number of nitrogens with zero attached hydrogens (tertiary/aromatic N) is 1. The highest BCUT2D eigenvalue weighted by atomic mass is 16.2.